The number of imide groups is 1. The number of anilines is 1. The normalized spacial score (nSPS) is 20.8. The highest BCUT2D eigenvalue weighted by Gasteiger charge is 2.59. The van der Waals surface area contributed by atoms with Crippen molar-refractivity contribution >= 4 is 23.4 Å². The third-order valence-corrected chi connectivity index (χ3v) is 7.17. The lowest BCUT2D eigenvalue weighted by atomic mass is 9.90. The zero-order valence-corrected chi connectivity index (χ0v) is 21.9. The van der Waals surface area contributed by atoms with Crippen LogP contribution in [-0.2, 0) is 32.2 Å². The number of nitrogens with one attached hydrogen (secondary N) is 1. The lowest BCUT2D eigenvalue weighted by molar-refractivity contribution is -0.182. The maximum Gasteiger partial charge on any atom is 0.261 e. The number of hydroxylamine groups is 2. The molecule has 3 aromatic rings. The Hall–Kier alpha value is -4.08. The number of rotatable bonds is 9. The van der Waals surface area contributed by atoms with Gasteiger partial charge in [-0.05, 0) is 47.4 Å². The van der Waals surface area contributed by atoms with E-state index in [1.54, 1.807) is 12.1 Å². The Bertz CT molecular complexity index is 1330. The molecule has 0 spiro atoms. The monoisotopic (exact) mass is 530 g/mol. The largest absolute Gasteiger partial charge is 0.378 e. The van der Waals surface area contributed by atoms with E-state index in [0.717, 1.165) is 22.4 Å². The maximum absolute atomic E-state index is 13.6. The van der Waals surface area contributed by atoms with Crippen LogP contribution in [0.4, 0.5) is 10.1 Å². The second-order valence-electron chi connectivity index (χ2n) is 10.0. The Labute approximate surface area is 226 Å². The number of likely N-dealkylation sites (tertiary alicyclic amines) is 1. The van der Waals surface area contributed by atoms with Gasteiger partial charge >= 0.3 is 0 Å². The van der Waals surface area contributed by atoms with Crippen molar-refractivity contribution in [2.75, 3.05) is 32.1 Å². The Morgan fingerprint density at radius 2 is 1.62 bits per heavy atom. The summed E-state index contributed by atoms with van der Waals surface area (Å²) in [6, 6.07) is 22.6. The molecule has 3 amide bonds. The fourth-order valence-electron chi connectivity index (χ4n) is 5.12. The van der Waals surface area contributed by atoms with Crippen LogP contribution in [-0.4, -0.2) is 61.0 Å². The maximum atomic E-state index is 13.6. The fraction of sp³-hybridized carbons (Fsp3) is 0.300. The van der Waals surface area contributed by atoms with Gasteiger partial charge in [-0.2, -0.15) is 5.06 Å². The zero-order valence-electron chi connectivity index (χ0n) is 21.9. The van der Waals surface area contributed by atoms with Gasteiger partial charge in [0.2, 0.25) is 11.8 Å². The van der Waals surface area contributed by atoms with E-state index in [2.05, 4.69) is 5.32 Å². The zero-order chi connectivity index (χ0) is 27.5. The smallest absolute Gasteiger partial charge is 0.261 e. The summed E-state index contributed by atoms with van der Waals surface area (Å²) in [5.74, 6) is -2.08. The van der Waals surface area contributed by atoms with Gasteiger partial charge in [0, 0.05) is 26.3 Å². The Balaban J connectivity index is 1.32. The van der Waals surface area contributed by atoms with Gasteiger partial charge in [0.05, 0.1) is 18.5 Å². The van der Waals surface area contributed by atoms with Gasteiger partial charge in [-0.3, -0.25) is 24.1 Å². The highest BCUT2D eigenvalue weighted by Crippen LogP contribution is 2.45. The predicted octanol–water partition coefficient (Wildman–Crippen LogP) is 3.09. The molecule has 202 valence electrons. The van der Waals surface area contributed by atoms with Crippen LogP contribution in [0.3, 0.4) is 0 Å². The summed E-state index contributed by atoms with van der Waals surface area (Å²) in [7, 11) is 3.87. The van der Waals surface area contributed by atoms with Crippen molar-refractivity contribution in [1.82, 2.24) is 15.3 Å². The summed E-state index contributed by atoms with van der Waals surface area (Å²) >= 11 is 0. The van der Waals surface area contributed by atoms with Crippen molar-refractivity contribution in [3.8, 4) is 0 Å². The summed E-state index contributed by atoms with van der Waals surface area (Å²) in [5.41, 5.74) is 3.52. The molecule has 9 heteroatoms. The van der Waals surface area contributed by atoms with Crippen LogP contribution in [0.1, 0.15) is 22.7 Å². The second kappa shape index (κ2) is 11.3. The van der Waals surface area contributed by atoms with Crippen molar-refractivity contribution in [1.29, 1.82) is 0 Å². The molecule has 39 heavy (non-hydrogen) atoms. The van der Waals surface area contributed by atoms with Crippen LogP contribution in [0.15, 0.2) is 78.9 Å². The lowest BCUT2D eigenvalue weighted by Crippen LogP contribution is -2.41. The highest BCUT2D eigenvalue weighted by atomic mass is 19.1. The van der Waals surface area contributed by atoms with E-state index in [1.165, 1.54) is 22.1 Å². The lowest BCUT2D eigenvalue weighted by Gasteiger charge is -2.27. The summed E-state index contributed by atoms with van der Waals surface area (Å²) < 4.78 is 13.1. The summed E-state index contributed by atoms with van der Waals surface area (Å²) in [6.07, 6.45) is -0.453. The van der Waals surface area contributed by atoms with Crippen molar-refractivity contribution in [3.05, 3.63) is 101 Å². The van der Waals surface area contributed by atoms with E-state index in [1.807, 2.05) is 73.6 Å². The molecule has 2 aliphatic heterocycles. The van der Waals surface area contributed by atoms with Gasteiger partial charge in [-0.15, -0.1) is 0 Å². The van der Waals surface area contributed by atoms with Crippen LogP contribution < -0.4 is 10.2 Å². The molecule has 2 fully saturated rings. The molecular formula is C30H31FN4O4. The number of halogens is 1. The van der Waals surface area contributed by atoms with E-state index in [-0.39, 0.29) is 30.7 Å². The van der Waals surface area contributed by atoms with Gasteiger partial charge in [0.25, 0.3) is 5.91 Å². The molecule has 2 heterocycles. The molecule has 5 rings (SSSR count). The molecule has 0 radical (unpaired) electrons. The average Bonchev–Trinajstić information content (AvgIpc) is 3.41. The topological polar surface area (TPSA) is 82.2 Å². The molecule has 0 bridgehead atoms. The summed E-state index contributed by atoms with van der Waals surface area (Å²) in [6.45, 7) is 0.386. The Morgan fingerprint density at radius 3 is 2.28 bits per heavy atom. The van der Waals surface area contributed by atoms with Crippen LogP contribution in [0.25, 0.3) is 0 Å². The fourth-order valence-corrected chi connectivity index (χ4v) is 5.12. The van der Waals surface area contributed by atoms with Crippen molar-refractivity contribution in [2.45, 2.75) is 25.1 Å². The number of carbonyl (C=O) groups is 3. The number of nitrogens with zero attached hydrogens (tertiary/aromatic N) is 3. The predicted molar refractivity (Wildman–Crippen MR) is 144 cm³/mol. The van der Waals surface area contributed by atoms with Gasteiger partial charge < -0.3 is 10.2 Å². The van der Waals surface area contributed by atoms with Crippen LogP contribution in [0.5, 0.6) is 0 Å². The standard InChI is InChI=1S/C30H31FN4O4/c1-33(2)24-14-10-22(11-15-24)27-26-28(30(38)34(29(26)37)18-21-6-4-3-5-7-21)39-35(27)19-25(36)32-17-16-20-8-12-23(31)13-9-20/h3-15,26-28H,16-19H2,1-2H3,(H,32,36). The average molecular weight is 531 g/mol. The SMILES string of the molecule is CN(C)c1ccc(C2C3C(=O)N(Cc4ccccc4)C(=O)C3ON2CC(=O)NCCc2ccc(F)cc2)cc1. The van der Waals surface area contributed by atoms with E-state index in [9.17, 15) is 18.8 Å². The highest BCUT2D eigenvalue weighted by molar-refractivity contribution is 6.07. The minimum absolute atomic E-state index is 0.143. The molecule has 2 aliphatic rings. The molecule has 8 nitrogen and oxygen atoms in total. The number of hydrogen-bond acceptors (Lipinski definition) is 6. The minimum atomic E-state index is -0.994. The van der Waals surface area contributed by atoms with Crippen LogP contribution in [0.2, 0.25) is 0 Å². The molecule has 1 N–H and O–H groups in total. The molecule has 0 saturated carbocycles. The first-order valence-corrected chi connectivity index (χ1v) is 12.9. The van der Waals surface area contributed by atoms with E-state index in [4.69, 9.17) is 4.84 Å². The second-order valence-corrected chi connectivity index (χ2v) is 10.0. The molecule has 2 saturated heterocycles. The van der Waals surface area contributed by atoms with Gasteiger partial charge in [-0.1, -0.05) is 54.6 Å². The Kier molecular flexibility index (Phi) is 7.72. The number of benzene rings is 3. The molecule has 3 atom stereocenters. The van der Waals surface area contributed by atoms with E-state index >= 15 is 0 Å². The van der Waals surface area contributed by atoms with Gasteiger partial charge in [0.15, 0.2) is 6.10 Å². The molecule has 0 aliphatic carbocycles. The van der Waals surface area contributed by atoms with E-state index in [0.29, 0.717) is 13.0 Å². The first-order chi connectivity index (χ1) is 18.8. The number of carbonyl (C=O) groups excluding carboxylic acids is 3. The van der Waals surface area contributed by atoms with Gasteiger partial charge in [0.1, 0.15) is 12.4 Å². The summed E-state index contributed by atoms with van der Waals surface area (Å²) in [5, 5.41) is 4.32. The molecule has 0 aromatic heterocycles. The van der Waals surface area contributed by atoms with Crippen LogP contribution in [0, 0.1) is 11.7 Å². The third-order valence-electron chi connectivity index (χ3n) is 7.17. The van der Waals surface area contributed by atoms with Crippen molar-refractivity contribution in [3.63, 3.8) is 0 Å². The summed E-state index contributed by atoms with van der Waals surface area (Å²) in [4.78, 5) is 49.1. The molecule has 3 aromatic carbocycles. The van der Waals surface area contributed by atoms with Crippen molar-refractivity contribution < 1.29 is 23.6 Å². The van der Waals surface area contributed by atoms with Gasteiger partial charge in [-0.25, -0.2) is 4.39 Å². The number of hydrogen-bond donors (Lipinski definition) is 1. The Morgan fingerprint density at radius 1 is 0.923 bits per heavy atom. The third kappa shape index (κ3) is 5.69. The minimum Gasteiger partial charge on any atom is -0.378 e. The quantitative estimate of drug-likeness (QED) is 0.429. The van der Waals surface area contributed by atoms with E-state index < -0.39 is 24.0 Å². The van der Waals surface area contributed by atoms with Crippen LogP contribution >= 0.6 is 0 Å². The molecule has 3 unspecified atom stereocenters. The van der Waals surface area contributed by atoms with Crippen molar-refractivity contribution in [2.24, 2.45) is 5.92 Å². The molecular weight excluding hydrogens is 499 g/mol. The first kappa shape index (κ1) is 26.5. The first-order valence-electron chi connectivity index (χ1n) is 12.9. The number of fused-ring (bicyclic) bond motifs is 1. The number of amides is 3.